The van der Waals surface area contributed by atoms with E-state index in [9.17, 15) is 0 Å². The molecule has 1 aliphatic heterocycles. The lowest BCUT2D eigenvalue weighted by molar-refractivity contribution is 0.312. The number of aryl methyl sites for hydroxylation is 1. The average molecular weight is 245 g/mol. The predicted octanol–water partition coefficient (Wildman–Crippen LogP) is 1.77. The fourth-order valence-electron chi connectivity index (χ4n) is 3.23. The molecule has 1 aromatic rings. The predicted molar refractivity (Wildman–Crippen MR) is 76.0 cm³/mol. The summed E-state index contributed by atoms with van der Waals surface area (Å²) in [6, 6.07) is 6.96. The number of anilines is 1. The Morgan fingerprint density at radius 2 is 1.94 bits per heavy atom. The Kier molecular flexibility index (Phi) is 3.27. The molecule has 1 fully saturated rings. The van der Waals surface area contributed by atoms with E-state index in [4.69, 9.17) is 5.73 Å². The van der Waals surface area contributed by atoms with Crippen molar-refractivity contribution in [3.63, 3.8) is 0 Å². The second-order valence-electron chi connectivity index (χ2n) is 5.64. The molecule has 0 spiro atoms. The van der Waals surface area contributed by atoms with Crippen LogP contribution in [0.5, 0.6) is 0 Å². The second-order valence-corrected chi connectivity index (χ2v) is 5.64. The van der Waals surface area contributed by atoms with E-state index in [2.05, 4.69) is 35.0 Å². The van der Waals surface area contributed by atoms with Crippen molar-refractivity contribution in [2.24, 2.45) is 5.73 Å². The normalized spacial score (nSPS) is 25.0. The minimum Gasteiger partial charge on any atom is -0.369 e. The van der Waals surface area contributed by atoms with Gasteiger partial charge in [0.1, 0.15) is 0 Å². The van der Waals surface area contributed by atoms with Gasteiger partial charge in [-0.25, -0.2) is 0 Å². The molecule has 3 nitrogen and oxygen atoms in total. The molecule has 1 heterocycles. The average Bonchev–Trinajstić information content (AvgIpc) is 2.39. The quantitative estimate of drug-likeness (QED) is 0.818. The zero-order chi connectivity index (χ0) is 12.5. The summed E-state index contributed by atoms with van der Waals surface area (Å²) in [7, 11) is 2.20. The number of piperazine rings is 1. The molecule has 1 aromatic carbocycles. The van der Waals surface area contributed by atoms with Gasteiger partial charge in [0, 0.05) is 37.9 Å². The number of likely N-dealkylation sites (N-methyl/N-ethyl adjacent to an activating group) is 1. The number of benzene rings is 1. The molecule has 0 radical (unpaired) electrons. The molecule has 0 saturated carbocycles. The summed E-state index contributed by atoms with van der Waals surface area (Å²) in [4.78, 5) is 4.91. The summed E-state index contributed by atoms with van der Waals surface area (Å²) in [5.41, 5.74) is 10.6. The topological polar surface area (TPSA) is 32.5 Å². The third-order valence-corrected chi connectivity index (χ3v) is 4.35. The Morgan fingerprint density at radius 1 is 1.17 bits per heavy atom. The van der Waals surface area contributed by atoms with E-state index in [0.717, 1.165) is 32.6 Å². The first kappa shape index (κ1) is 12.0. The zero-order valence-electron chi connectivity index (χ0n) is 11.2. The lowest BCUT2D eigenvalue weighted by Gasteiger charge is -2.37. The highest BCUT2D eigenvalue weighted by atomic mass is 15.2. The van der Waals surface area contributed by atoms with Crippen molar-refractivity contribution in [2.45, 2.75) is 25.3 Å². The van der Waals surface area contributed by atoms with E-state index in [1.54, 1.807) is 0 Å². The molecule has 0 bridgehead atoms. The van der Waals surface area contributed by atoms with Crippen LogP contribution in [-0.2, 0) is 6.42 Å². The van der Waals surface area contributed by atoms with Gasteiger partial charge >= 0.3 is 0 Å². The molecule has 2 N–H and O–H groups in total. The molecule has 1 saturated heterocycles. The lowest BCUT2D eigenvalue weighted by Crippen LogP contribution is -2.45. The van der Waals surface area contributed by atoms with Gasteiger partial charge in [-0.2, -0.15) is 0 Å². The van der Waals surface area contributed by atoms with E-state index in [1.165, 1.54) is 29.7 Å². The van der Waals surface area contributed by atoms with Crippen LogP contribution < -0.4 is 10.6 Å². The Bertz CT molecular complexity index is 422. The van der Waals surface area contributed by atoms with E-state index in [1.807, 2.05) is 0 Å². The number of hydrogen-bond acceptors (Lipinski definition) is 3. The Hall–Kier alpha value is -1.06. The van der Waals surface area contributed by atoms with Gasteiger partial charge in [-0.05, 0) is 43.5 Å². The molecule has 3 heteroatoms. The Morgan fingerprint density at radius 3 is 2.72 bits per heavy atom. The van der Waals surface area contributed by atoms with Crippen LogP contribution in [0, 0.1) is 0 Å². The molecule has 1 unspecified atom stereocenters. The number of rotatable bonds is 1. The number of hydrogen-bond donors (Lipinski definition) is 1. The van der Waals surface area contributed by atoms with Crippen LogP contribution in [0.1, 0.15) is 30.0 Å². The van der Waals surface area contributed by atoms with Gasteiger partial charge in [-0.15, -0.1) is 0 Å². The van der Waals surface area contributed by atoms with Gasteiger partial charge in [0.25, 0.3) is 0 Å². The molecular formula is C15H23N3. The van der Waals surface area contributed by atoms with Gasteiger partial charge in [0.05, 0.1) is 0 Å². The highest BCUT2D eigenvalue weighted by Crippen LogP contribution is 2.35. The van der Waals surface area contributed by atoms with Crippen molar-refractivity contribution < 1.29 is 0 Å². The standard InChI is InChI=1S/C15H23N3/c1-17-8-10-18(11-9-17)14-7-3-5-12-4-2-6-13(16)15(12)14/h3,5,7,13H,2,4,6,8-11,16H2,1H3. The molecule has 98 valence electrons. The fourth-order valence-corrected chi connectivity index (χ4v) is 3.23. The first-order valence-electron chi connectivity index (χ1n) is 7.06. The van der Waals surface area contributed by atoms with Gasteiger partial charge in [-0.1, -0.05) is 12.1 Å². The van der Waals surface area contributed by atoms with E-state index < -0.39 is 0 Å². The maximum absolute atomic E-state index is 6.34. The van der Waals surface area contributed by atoms with Crippen LogP contribution in [0.25, 0.3) is 0 Å². The molecule has 0 aromatic heterocycles. The van der Waals surface area contributed by atoms with Crippen molar-refractivity contribution in [3.8, 4) is 0 Å². The molecule has 2 aliphatic rings. The molecule has 0 amide bonds. The third kappa shape index (κ3) is 2.13. The van der Waals surface area contributed by atoms with Crippen LogP contribution in [-0.4, -0.2) is 38.1 Å². The molecular weight excluding hydrogens is 222 g/mol. The van der Waals surface area contributed by atoms with E-state index in [-0.39, 0.29) is 6.04 Å². The van der Waals surface area contributed by atoms with Crippen LogP contribution in [0.2, 0.25) is 0 Å². The fraction of sp³-hybridized carbons (Fsp3) is 0.600. The van der Waals surface area contributed by atoms with Crippen molar-refractivity contribution >= 4 is 5.69 Å². The van der Waals surface area contributed by atoms with Crippen molar-refractivity contribution in [1.82, 2.24) is 4.90 Å². The first-order valence-corrected chi connectivity index (χ1v) is 7.06. The Balaban J connectivity index is 1.92. The van der Waals surface area contributed by atoms with E-state index in [0.29, 0.717) is 0 Å². The minimum absolute atomic E-state index is 0.240. The zero-order valence-corrected chi connectivity index (χ0v) is 11.2. The number of nitrogens with two attached hydrogens (primary N) is 1. The van der Waals surface area contributed by atoms with Crippen molar-refractivity contribution in [3.05, 3.63) is 29.3 Å². The molecule has 3 rings (SSSR count). The second kappa shape index (κ2) is 4.90. The molecule has 1 atom stereocenters. The van der Waals surface area contributed by atoms with Gasteiger partial charge in [0.15, 0.2) is 0 Å². The van der Waals surface area contributed by atoms with Gasteiger partial charge in [0.2, 0.25) is 0 Å². The van der Waals surface area contributed by atoms with Crippen molar-refractivity contribution in [1.29, 1.82) is 0 Å². The highest BCUT2D eigenvalue weighted by Gasteiger charge is 2.24. The van der Waals surface area contributed by atoms with Gasteiger partial charge in [-0.3, -0.25) is 0 Å². The SMILES string of the molecule is CN1CCN(c2cccc3c2C(N)CCC3)CC1. The summed E-state index contributed by atoms with van der Waals surface area (Å²) in [6.45, 7) is 4.55. The third-order valence-electron chi connectivity index (χ3n) is 4.35. The van der Waals surface area contributed by atoms with Crippen LogP contribution in [0.4, 0.5) is 5.69 Å². The largest absolute Gasteiger partial charge is 0.369 e. The molecule has 1 aliphatic carbocycles. The number of fused-ring (bicyclic) bond motifs is 1. The lowest BCUT2D eigenvalue weighted by atomic mass is 9.86. The summed E-state index contributed by atoms with van der Waals surface area (Å²) in [5.74, 6) is 0. The van der Waals surface area contributed by atoms with Crippen LogP contribution >= 0.6 is 0 Å². The van der Waals surface area contributed by atoms with E-state index >= 15 is 0 Å². The summed E-state index contributed by atoms with van der Waals surface area (Å²) in [5, 5.41) is 0. The summed E-state index contributed by atoms with van der Waals surface area (Å²) < 4.78 is 0. The summed E-state index contributed by atoms with van der Waals surface area (Å²) >= 11 is 0. The van der Waals surface area contributed by atoms with Crippen LogP contribution in [0.15, 0.2) is 18.2 Å². The maximum atomic E-state index is 6.34. The first-order chi connectivity index (χ1) is 8.75. The highest BCUT2D eigenvalue weighted by molar-refractivity contribution is 5.59. The smallest absolute Gasteiger partial charge is 0.0418 e. The molecule has 18 heavy (non-hydrogen) atoms. The van der Waals surface area contributed by atoms with Crippen molar-refractivity contribution in [2.75, 3.05) is 38.1 Å². The number of nitrogens with zero attached hydrogens (tertiary/aromatic N) is 2. The Labute approximate surface area is 110 Å². The summed E-state index contributed by atoms with van der Waals surface area (Å²) in [6.07, 6.45) is 3.57. The minimum atomic E-state index is 0.240. The van der Waals surface area contributed by atoms with Crippen LogP contribution in [0.3, 0.4) is 0 Å². The monoisotopic (exact) mass is 245 g/mol. The van der Waals surface area contributed by atoms with Gasteiger partial charge < -0.3 is 15.5 Å². The maximum Gasteiger partial charge on any atom is 0.0418 e.